The van der Waals surface area contributed by atoms with Crippen LogP contribution in [0.25, 0.3) is 0 Å². The summed E-state index contributed by atoms with van der Waals surface area (Å²) < 4.78 is 2.73. The van der Waals surface area contributed by atoms with E-state index in [1.807, 2.05) is 0 Å². The number of hydrogen-bond acceptors (Lipinski definition) is 2. The van der Waals surface area contributed by atoms with Crippen molar-refractivity contribution >= 4 is 17.9 Å². The van der Waals surface area contributed by atoms with Gasteiger partial charge in [0.1, 0.15) is 0 Å². The molecule has 1 heterocycles. The molecule has 2 nitrogen and oxygen atoms in total. The first-order valence-electron chi connectivity index (χ1n) is 3.14. The first kappa shape index (κ1) is 6.93. The molecule has 0 spiro atoms. The SMILES string of the molecule is CC(C)C1CC(=O)NS1. The van der Waals surface area contributed by atoms with E-state index in [0.29, 0.717) is 17.6 Å². The normalized spacial score (nSPS) is 27.0. The highest BCUT2D eigenvalue weighted by atomic mass is 32.2. The molecule has 1 aliphatic rings. The first-order valence-corrected chi connectivity index (χ1v) is 4.02. The smallest absolute Gasteiger partial charge is 0.231 e. The van der Waals surface area contributed by atoms with Gasteiger partial charge in [-0.05, 0) is 17.9 Å². The Morgan fingerprint density at radius 3 is 2.67 bits per heavy atom. The number of carbonyl (C=O) groups is 1. The molecule has 0 bridgehead atoms. The van der Waals surface area contributed by atoms with Crippen LogP contribution in [0.15, 0.2) is 0 Å². The van der Waals surface area contributed by atoms with Crippen LogP contribution in [0.1, 0.15) is 20.3 Å². The minimum absolute atomic E-state index is 0.179. The summed E-state index contributed by atoms with van der Waals surface area (Å²) in [5.41, 5.74) is 0. The van der Waals surface area contributed by atoms with Gasteiger partial charge in [-0.2, -0.15) is 0 Å². The average molecular weight is 145 g/mol. The Morgan fingerprint density at radius 1 is 1.78 bits per heavy atom. The van der Waals surface area contributed by atoms with E-state index in [4.69, 9.17) is 0 Å². The molecule has 1 fully saturated rings. The lowest BCUT2D eigenvalue weighted by Gasteiger charge is -2.08. The van der Waals surface area contributed by atoms with Crippen molar-refractivity contribution in [3.8, 4) is 0 Å². The summed E-state index contributed by atoms with van der Waals surface area (Å²) in [6.45, 7) is 4.27. The van der Waals surface area contributed by atoms with Crippen molar-refractivity contribution in [2.24, 2.45) is 5.92 Å². The molecule has 3 heteroatoms. The second-order valence-corrected chi connectivity index (χ2v) is 3.68. The highest BCUT2D eigenvalue weighted by molar-refractivity contribution is 7.99. The van der Waals surface area contributed by atoms with Crippen LogP contribution in [-0.4, -0.2) is 11.2 Å². The Bertz CT molecular complexity index is 124. The molecule has 0 aromatic heterocycles. The van der Waals surface area contributed by atoms with Gasteiger partial charge >= 0.3 is 0 Å². The number of carbonyl (C=O) groups excluding carboxylic acids is 1. The maximum Gasteiger partial charge on any atom is 0.231 e. The van der Waals surface area contributed by atoms with E-state index in [0.717, 1.165) is 0 Å². The number of hydrogen-bond donors (Lipinski definition) is 1. The lowest BCUT2D eigenvalue weighted by Crippen LogP contribution is -2.08. The van der Waals surface area contributed by atoms with Gasteiger partial charge in [0, 0.05) is 11.7 Å². The quantitative estimate of drug-likeness (QED) is 0.561. The van der Waals surface area contributed by atoms with E-state index >= 15 is 0 Å². The fraction of sp³-hybridized carbons (Fsp3) is 0.833. The number of rotatable bonds is 1. The van der Waals surface area contributed by atoms with Crippen molar-refractivity contribution < 1.29 is 4.79 Å². The van der Waals surface area contributed by atoms with Gasteiger partial charge in [0.25, 0.3) is 0 Å². The third-order valence-corrected chi connectivity index (χ3v) is 2.81. The van der Waals surface area contributed by atoms with E-state index in [1.165, 1.54) is 0 Å². The van der Waals surface area contributed by atoms with Gasteiger partial charge < -0.3 is 0 Å². The summed E-state index contributed by atoms with van der Waals surface area (Å²) in [7, 11) is 0. The standard InChI is InChI=1S/C6H11NOS/c1-4(2)5-3-6(8)7-9-5/h4-5H,3H2,1-2H3,(H,7,8). The van der Waals surface area contributed by atoms with E-state index in [1.54, 1.807) is 11.9 Å². The summed E-state index contributed by atoms with van der Waals surface area (Å²) in [6, 6.07) is 0. The fourth-order valence-electron chi connectivity index (χ4n) is 0.779. The van der Waals surface area contributed by atoms with Crippen molar-refractivity contribution in [1.29, 1.82) is 0 Å². The van der Waals surface area contributed by atoms with Crippen LogP contribution in [0.3, 0.4) is 0 Å². The zero-order valence-corrected chi connectivity index (χ0v) is 6.49. The van der Waals surface area contributed by atoms with Gasteiger partial charge in [-0.15, -0.1) is 0 Å². The first-order chi connectivity index (χ1) is 4.20. The van der Waals surface area contributed by atoms with Crippen LogP contribution in [0.4, 0.5) is 0 Å². The van der Waals surface area contributed by atoms with E-state index in [9.17, 15) is 4.79 Å². The van der Waals surface area contributed by atoms with Gasteiger partial charge in [-0.1, -0.05) is 13.8 Å². The zero-order chi connectivity index (χ0) is 6.85. The third-order valence-electron chi connectivity index (χ3n) is 1.45. The van der Waals surface area contributed by atoms with Gasteiger partial charge in [-0.3, -0.25) is 9.52 Å². The Balaban J connectivity index is 2.39. The summed E-state index contributed by atoms with van der Waals surface area (Å²) in [4.78, 5) is 10.6. The molecule has 1 saturated heterocycles. The fourth-order valence-corrected chi connectivity index (χ4v) is 1.65. The van der Waals surface area contributed by atoms with Crippen molar-refractivity contribution in [2.75, 3.05) is 0 Å². The molecule has 0 aromatic carbocycles. The minimum atomic E-state index is 0.179. The molecule has 1 rings (SSSR count). The summed E-state index contributed by atoms with van der Waals surface area (Å²) in [5.74, 6) is 0.785. The van der Waals surface area contributed by atoms with Crippen LogP contribution >= 0.6 is 11.9 Å². The van der Waals surface area contributed by atoms with Crippen LogP contribution < -0.4 is 4.72 Å². The monoisotopic (exact) mass is 145 g/mol. The molecule has 1 atom stereocenters. The highest BCUT2D eigenvalue weighted by Crippen LogP contribution is 2.25. The topological polar surface area (TPSA) is 29.1 Å². The van der Waals surface area contributed by atoms with E-state index in [-0.39, 0.29) is 5.91 Å². The molecular weight excluding hydrogens is 134 g/mol. The highest BCUT2D eigenvalue weighted by Gasteiger charge is 2.24. The van der Waals surface area contributed by atoms with Crippen molar-refractivity contribution in [3.05, 3.63) is 0 Å². The molecule has 9 heavy (non-hydrogen) atoms. The Kier molecular flexibility index (Phi) is 2.01. The molecular formula is C6H11NOS. The largest absolute Gasteiger partial charge is 0.300 e. The van der Waals surface area contributed by atoms with E-state index < -0.39 is 0 Å². The summed E-state index contributed by atoms with van der Waals surface area (Å²) >= 11 is 1.56. The lowest BCUT2D eigenvalue weighted by molar-refractivity contribution is -0.118. The van der Waals surface area contributed by atoms with Gasteiger partial charge in [-0.25, -0.2) is 0 Å². The van der Waals surface area contributed by atoms with Crippen molar-refractivity contribution in [2.45, 2.75) is 25.5 Å². The molecule has 0 radical (unpaired) electrons. The van der Waals surface area contributed by atoms with Crippen LogP contribution in [0, 0.1) is 5.92 Å². The molecule has 0 aromatic rings. The summed E-state index contributed by atoms with van der Waals surface area (Å²) in [5, 5.41) is 0.498. The molecule has 1 aliphatic heterocycles. The molecule has 0 saturated carbocycles. The zero-order valence-electron chi connectivity index (χ0n) is 5.68. The molecule has 1 amide bonds. The molecule has 1 unspecified atom stereocenters. The maximum absolute atomic E-state index is 10.6. The van der Waals surface area contributed by atoms with Crippen molar-refractivity contribution in [1.82, 2.24) is 4.72 Å². The predicted molar refractivity (Wildman–Crippen MR) is 39.0 cm³/mol. The second kappa shape index (κ2) is 2.60. The Morgan fingerprint density at radius 2 is 2.44 bits per heavy atom. The minimum Gasteiger partial charge on any atom is -0.300 e. The van der Waals surface area contributed by atoms with Crippen LogP contribution in [0.5, 0.6) is 0 Å². The predicted octanol–water partition coefficient (Wildman–Crippen LogP) is 1.18. The Labute approximate surface area is 59.5 Å². The molecule has 0 aliphatic carbocycles. The molecule has 1 N–H and O–H groups in total. The van der Waals surface area contributed by atoms with Gasteiger partial charge in [0.2, 0.25) is 5.91 Å². The van der Waals surface area contributed by atoms with Crippen molar-refractivity contribution in [3.63, 3.8) is 0 Å². The Hall–Kier alpha value is -0.180. The lowest BCUT2D eigenvalue weighted by atomic mass is 10.1. The van der Waals surface area contributed by atoms with Crippen LogP contribution in [0.2, 0.25) is 0 Å². The summed E-state index contributed by atoms with van der Waals surface area (Å²) in [6.07, 6.45) is 0.697. The number of nitrogens with one attached hydrogen (secondary N) is 1. The number of amides is 1. The third kappa shape index (κ3) is 1.61. The molecule has 52 valence electrons. The van der Waals surface area contributed by atoms with Crippen LogP contribution in [-0.2, 0) is 4.79 Å². The van der Waals surface area contributed by atoms with Gasteiger partial charge in [0.15, 0.2) is 0 Å². The van der Waals surface area contributed by atoms with Gasteiger partial charge in [0.05, 0.1) is 0 Å². The maximum atomic E-state index is 10.6. The second-order valence-electron chi connectivity index (χ2n) is 2.63. The average Bonchev–Trinajstić information content (AvgIpc) is 2.14. The van der Waals surface area contributed by atoms with E-state index in [2.05, 4.69) is 18.6 Å².